The van der Waals surface area contributed by atoms with E-state index in [9.17, 15) is 22.8 Å². The second-order valence-electron chi connectivity index (χ2n) is 5.70. The Morgan fingerprint density at radius 1 is 1.14 bits per heavy atom. The van der Waals surface area contributed by atoms with Gasteiger partial charge in [-0.25, -0.2) is 4.98 Å². The summed E-state index contributed by atoms with van der Waals surface area (Å²) < 4.78 is 46.8. The molecule has 2 amide bonds. The molecule has 0 aliphatic heterocycles. The summed E-state index contributed by atoms with van der Waals surface area (Å²) in [6.45, 7) is -1.47. The first-order chi connectivity index (χ1) is 13.8. The lowest BCUT2D eigenvalue weighted by Gasteiger charge is -2.13. The van der Waals surface area contributed by atoms with Crippen LogP contribution in [0.15, 0.2) is 52.5 Å². The van der Waals surface area contributed by atoms with Gasteiger partial charge in [-0.05, 0) is 24.3 Å². The molecule has 0 aliphatic rings. The number of benzene rings is 1. The van der Waals surface area contributed by atoms with Crippen LogP contribution in [0.4, 0.5) is 24.0 Å². The standard InChI is InChI=1S/C18H14F3N3O4S/c19-18(20,21)10-28-13-5-2-1-4-12(13)23-15(25)8-11-9-29-17(22-11)24-16(26)14-6-3-7-27-14/h1-7,9H,8,10H2,(H,23,25)(H,22,24,26). The molecule has 2 aromatic heterocycles. The normalized spacial score (nSPS) is 11.1. The van der Waals surface area contributed by atoms with Gasteiger partial charge in [-0.1, -0.05) is 12.1 Å². The zero-order valence-corrected chi connectivity index (χ0v) is 15.5. The number of anilines is 2. The largest absolute Gasteiger partial charge is 0.482 e. The Bertz CT molecular complexity index is 986. The first-order valence-corrected chi connectivity index (χ1v) is 9.06. The van der Waals surface area contributed by atoms with E-state index in [2.05, 4.69) is 15.6 Å². The lowest BCUT2D eigenvalue weighted by molar-refractivity contribution is -0.153. The first-order valence-electron chi connectivity index (χ1n) is 8.18. The molecule has 0 radical (unpaired) electrons. The molecule has 0 aliphatic carbocycles. The third-order valence-electron chi connectivity index (χ3n) is 3.41. The molecule has 11 heteroatoms. The number of hydrogen-bond acceptors (Lipinski definition) is 6. The lowest BCUT2D eigenvalue weighted by atomic mass is 10.2. The maximum Gasteiger partial charge on any atom is 0.422 e. The van der Waals surface area contributed by atoms with Gasteiger partial charge in [0.05, 0.1) is 24.1 Å². The van der Waals surface area contributed by atoms with Gasteiger partial charge in [0.25, 0.3) is 5.91 Å². The lowest BCUT2D eigenvalue weighted by Crippen LogP contribution is -2.20. The van der Waals surface area contributed by atoms with Crippen LogP contribution in [-0.4, -0.2) is 29.6 Å². The van der Waals surface area contributed by atoms with Crippen molar-refractivity contribution in [2.75, 3.05) is 17.2 Å². The zero-order chi connectivity index (χ0) is 20.9. The second-order valence-corrected chi connectivity index (χ2v) is 6.56. The summed E-state index contributed by atoms with van der Waals surface area (Å²) in [6.07, 6.45) is -3.27. The fourth-order valence-corrected chi connectivity index (χ4v) is 2.93. The molecule has 2 heterocycles. The van der Waals surface area contributed by atoms with Gasteiger partial charge in [0.2, 0.25) is 5.91 Å². The molecule has 29 heavy (non-hydrogen) atoms. The molecular formula is C18H14F3N3O4S. The average Bonchev–Trinajstić information content (AvgIpc) is 3.32. The fraction of sp³-hybridized carbons (Fsp3) is 0.167. The minimum Gasteiger partial charge on any atom is -0.482 e. The van der Waals surface area contributed by atoms with E-state index < -0.39 is 24.6 Å². The Kier molecular flexibility index (Phi) is 6.17. The Morgan fingerprint density at radius 3 is 2.66 bits per heavy atom. The van der Waals surface area contributed by atoms with E-state index in [1.807, 2.05) is 0 Å². The van der Waals surface area contributed by atoms with Crippen molar-refractivity contribution in [2.45, 2.75) is 12.6 Å². The van der Waals surface area contributed by atoms with E-state index in [-0.39, 0.29) is 28.7 Å². The molecule has 7 nitrogen and oxygen atoms in total. The predicted octanol–water partition coefficient (Wildman–Crippen LogP) is 4.11. The minimum absolute atomic E-state index is 0.0946. The number of amides is 2. The molecule has 0 unspecified atom stereocenters. The maximum atomic E-state index is 12.4. The molecule has 1 aromatic carbocycles. The number of carbonyl (C=O) groups excluding carboxylic acids is 2. The van der Waals surface area contributed by atoms with Crippen LogP contribution in [0.25, 0.3) is 0 Å². The van der Waals surface area contributed by atoms with E-state index in [4.69, 9.17) is 9.15 Å². The van der Waals surface area contributed by atoms with Crippen molar-refractivity contribution < 1.29 is 31.9 Å². The molecule has 0 bridgehead atoms. The van der Waals surface area contributed by atoms with E-state index in [0.29, 0.717) is 5.69 Å². The quantitative estimate of drug-likeness (QED) is 0.594. The number of rotatable bonds is 7. The molecule has 0 spiro atoms. The second kappa shape index (κ2) is 8.78. The Morgan fingerprint density at radius 2 is 1.93 bits per heavy atom. The number of carbonyl (C=O) groups is 2. The molecular weight excluding hydrogens is 411 g/mol. The maximum absolute atomic E-state index is 12.4. The minimum atomic E-state index is -4.49. The molecule has 3 rings (SSSR count). The van der Waals surface area contributed by atoms with Gasteiger partial charge in [-0.3, -0.25) is 14.9 Å². The number of para-hydroxylation sites is 2. The summed E-state index contributed by atoms with van der Waals surface area (Å²) in [5.41, 5.74) is 0.499. The number of ether oxygens (including phenoxy) is 1. The highest BCUT2D eigenvalue weighted by Crippen LogP contribution is 2.26. The molecule has 152 valence electrons. The van der Waals surface area contributed by atoms with Crippen LogP contribution < -0.4 is 15.4 Å². The first kappa shape index (κ1) is 20.4. The number of nitrogens with one attached hydrogen (secondary N) is 2. The van der Waals surface area contributed by atoms with Crippen LogP contribution in [0, 0.1) is 0 Å². The number of aromatic nitrogens is 1. The number of halogens is 3. The zero-order valence-electron chi connectivity index (χ0n) is 14.7. The van der Waals surface area contributed by atoms with Gasteiger partial charge in [0, 0.05) is 5.38 Å². The summed E-state index contributed by atoms with van der Waals surface area (Å²) in [7, 11) is 0. The molecule has 3 aromatic rings. The summed E-state index contributed by atoms with van der Waals surface area (Å²) in [6, 6.07) is 8.88. The van der Waals surface area contributed by atoms with Crippen molar-refractivity contribution in [2.24, 2.45) is 0 Å². The highest BCUT2D eigenvalue weighted by atomic mass is 32.1. The van der Waals surface area contributed by atoms with Crippen LogP contribution in [-0.2, 0) is 11.2 Å². The van der Waals surface area contributed by atoms with Crippen LogP contribution >= 0.6 is 11.3 Å². The third-order valence-corrected chi connectivity index (χ3v) is 4.22. The van der Waals surface area contributed by atoms with Crippen LogP contribution in [0.5, 0.6) is 5.75 Å². The number of hydrogen-bond donors (Lipinski definition) is 2. The monoisotopic (exact) mass is 425 g/mol. The SMILES string of the molecule is O=C(Cc1csc(NC(=O)c2ccco2)n1)Nc1ccccc1OCC(F)(F)F. The molecule has 0 saturated carbocycles. The van der Waals surface area contributed by atoms with E-state index in [0.717, 1.165) is 11.3 Å². The summed E-state index contributed by atoms with van der Waals surface area (Å²) >= 11 is 1.12. The van der Waals surface area contributed by atoms with Gasteiger partial charge in [-0.2, -0.15) is 13.2 Å². The summed E-state index contributed by atoms with van der Waals surface area (Å²) in [4.78, 5) is 28.3. The van der Waals surface area contributed by atoms with Crippen LogP contribution in [0.3, 0.4) is 0 Å². The molecule has 2 N–H and O–H groups in total. The highest BCUT2D eigenvalue weighted by molar-refractivity contribution is 7.14. The number of furan rings is 1. The van der Waals surface area contributed by atoms with E-state index in [1.54, 1.807) is 17.5 Å². The number of nitrogens with zero attached hydrogens (tertiary/aromatic N) is 1. The topological polar surface area (TPSA) is 93.5 Å². The summed E-state index contributed by atoms with van der Waals surface area (Å²) in [5.74, 6) is -0.948. The van der Waals surface area contributed by atoms with Crippen molar-refractivity contribution in [3.8, 4) is 5.75 Å². The van der Waals surface area contributed by atoms with Crippen LogP contribution in [0.2, 0.25) is 0 Å². The Balaban J connectivity index is 1.58. The Labute approximate surface area is 166 Å². The van der Waals surface area contributed by atoms with Crippen molar-refractivity contribution in [1.29, 1.82) is 0 Å². The third kappa shape index (κ3) is 6.07. The van der Waals surface area contributed by atoms with Gasteiger partial charge < -0.3 is 14.5 Å². The Hall–Kier alpha value is -3.34. The van der Waals surface area contributed by atoms with E-state index in [1.165, 1.54) is 30.5 Å². The fourth-order valence-electron chi connectivity index (χ4n) is 2.23. The predicted molar refractivity (Wildman–Crippen MR) is 99.1 cm³/mol. The van der Waals surface area contributed by atoms with Crippen molar-refractivity contribution in [3.63, 3.8) is 0 Å². The number of thiazole rings is 1. The molecule has 0 saturated heterocycles. The van der Waals surface area contributed by atoms with E-state index >= 15 is 0 Å². The average molecular weight is 425 g/mol. The number of alkyl halides is 3. The molecule has 0 atom stereocenters. The van der Waals surface area contributed by atoms with Crippen molar-refractivity contribution in [1.82, 2.24) is 4.98 Å². The van der Waals surface area contributed by atoms with Gasteiger partial charge in [0.1, 0.15) is 5.75 Å². The van der Waals surface area contributed by atoms with Crippen molar-refractivity contribution >= 4 is 34.0 Å². The highest BCUT2D eigenvalue weighted by Gasteiger charge is 2.29. The van der Waals surface area contributed by atoms with Gasteiger partial charge in [-0.15, -0.1) is 11.3 Å². The van der Waals surface area contributed by atoms with Gasteiger partial charge in [0.15, 0.2) is 17.5 Å². The van der Waals surface area contributed by atoms with Crippen molar-refractivity contribution in [3.05, 3.63) is 59.5 Å². The molecule has 0 fully saturated rings. The smallest absolute Gasteiger partial charge is 0.422 e. The van der Waals surface area contributed by atoms with Crippen LogP contribution in [0.1, 0.15) is 16.2 Å². The van der Waals surface area contributed by atoms with Gasteiger partial charge >= 0.3 is 6.18 Å². The summed E-state index contributed by atoms with van der Waals surface area (Å²) in [5, 5.41) is 6.91.